The molecule has 0 unspecified atom stereocenters. The second kappa shape index (κ2) is 6.49. The first-order valence-electron chi connectivity index (χ1n) is 4.76. The molecule has 0 heterocycles. The van der Waals surface area contributed by atoms with Gasteiger partial charge in [-0.2, -0.15) is 0 Å². The van der Waals surface area contributed by atoms with Gasteiger partial charge in [-0.3, -0.25) is 0 Å². The number of methoxy groups -OCH3 is 1. The molecule has 1 aromatic carbocycles. The van der Waals surface area contributed by atoms with Gasteiger partial charge >= 0.3 is 0 Å². The fourth-order valence-corrected chi connectivity index (χ4v) is 1.18. The summed E-state index contributed by atoms with van der Waals surface area (Å²) in [5.74, 6) is 0.742. The van der Waals surface area contributed by atoms with Gasteiger partial charge in [-0.1, -0.05) is 30.3 Å². The van der Waals surface area contributed by atoms with E-state index in [1.165, 1.54) is 0 Å². The molecular weight excluding hydrogens is 212 g/mol. The molecule has 82 valence electrons. The average molecular weight is 227 g/mol. The third-order valence-corrected chi connectivity index (χ3v) is 2.19. The van der Waals surface area contributed by atoms with Crippen LogP contribution < -0.4 is 0 Å². The molecule has 0 amide bonds. The third kappa shape index (κ3) is 4.86. The van der Waals surface area contributed by atoms with Crippen molar-refractivity contribution in [2.45, 2.75) is 13.0 Å². The van der Waals surface area contributed by atoms with Gasteiger partial charge in [0.15, 0.2) is 0 Å². The molecule has 0 radical (unpaired) electrons. The summed E-state index contributed by atoms with van der Waals surface area (Å²) in [6, 6.07) is 7.56. The molecule has 0 aliphatic carbocycles. The number of benzene rings is 1. The first kappa shape index (κ1) is 12.1. The summed E-state index contributed by atoms with van der Waals surface area (Å²) in [4.78, 5) is 0. The normalized spacial score (nSPS) is 10.0. The fourth-order valence-electron chi connectivity index (χ4n) is 1.05. The Hall–Kier alpha value is -0.990. The van der Waals surface area contributed by atoms with E-state index in [2.05, 4.69) is 6.58 Å². The SMILES string of the molecule is C=C(CCOC)OCc1ccc(Cl)cc1. The quantitative estimate of drug-likeness (QED) is 0.693. The first-order chi connectivity index (χ1) is 7.22. The summed E-state index contributed by atoms with van der Waals surface area (Å²) in [5.41, 5.74) is 1.08. The summed E-state index contributed by atoms with van der Waals surface area (Å²) in [7, 11) is 1.66. The molecular formula is C12H15ClO2. The molecule has 0 atom stereocenters. The van der Waals surface area contributed by atoms with Gasteiger partial charge in [0.1, 0.15) is 6.61 Å². The van der Waals surface area contributed by atoms with Crippen molar-refractivity contribution in [3.8, 4) is 0 Å². The molecule has 3 heteroatoms. The van der Waals surface area contributed by atoms with Gasteiger partial charge < -0.3 is 9.47 Å². The number of hydrogen-bond acceptors (Lipinski definition) is 2. The molecule has 0 aliphatic heterocycles. The Morgan fingerprint density at radius 1 is 1.33 bits per heavy atom. The van der Waals surface area contributed by atoms with E-state index in [1.54, 1.807) is 7.11 Å². The lowest BCUT2D eigenvalue weighted by Gasteiger charge is -2.08. The van der Waals surface area contributed by atoms with E-state index >= 15 is 0 Å². The molecule has 0 spiro atoms. The van der Waals surface area contributed by atoms with E-state index < -0.39 is 0 Å². The van der Waals surface area contributed by atoms with E-state index in [4.69, 9.17) is 21.1 Å². The molecule has 0 aliphatic rings. The van der Waals surface area contributed by atoms with Gasteiger partial charge in [0.25, 0.3) is 0 Å². The van der Waals surface area contributed by atoms with Crippen molar-refractivity contribution in [1.82, 2.24) is 0 Å². The van der Waals surface area contributed by atoms with E-state index in [-0.39, 0.29) is 0 Å². The van der Waals surface area contributed by atoms with Gasteiger partial charge in [0.2, 0.25) is 0 Å². The Bertz CT molecular complexity index is 306. The fraction of sp³-hybridized carbons (Fsp3) is 0.333. The first-order valence-corrected chi connectivity index (χ1v) is 5.14. The standard InChI is InChI=1S/C12H15ClO2/c1-10(7-8-14-2)15-9-11-3-5-12(13)6-4-11/h3-6H,1,7-9H2,2H3. The molecule has 0 saturated heterocycles. The maximum absolute atomic E-state index is 5.77. The highest BCUT2D eigenvalue weighted by Crippen LogP contribution is 2.12. The lowest BCUT2D eigenvalue weighted by Crippen LogP contribution is -1.96. The molecule has 0 bridgehead atoms. The highest BCUT2D eigenvalue weighted by molar-refractivity contribution is 6.30. The summed E-state index contributed by atoms with van der Waals surface area (Å²) in [5, 5.41) is 0.733. The molecule has 1 rings (SSSR count). The van der Waals surface area contributed by atoms with E-state index in [9.17, 15) is 0 Å². The van der Waals surface area contributed by atoms with Gasteiger partial charge in [-0.05, 0) is 17.7 Å². The van der Waals surface area contributed by atoms with Crippen LogP contribution in [0.2, 0.25) is 5.02 Å². The Morgan fingerprint density at radius 2 is 2.00 bits per heavy atom. The maximum Gasteiger partial charge on any atom is 0.113 e. The Morgan fingerprint density at radius 3 is 2.60 bits per heavy atom. The molecule has 2 nitrogen and oxygen atoms in total. The molecule has 15 heavy (non-hydrogen) atoms. The topological polar surface area (TPSA) is 18.5 Å². The lowest BCUT2D eigenvalue weighted by molar-refractivity contribution is 0.150. The van der Waals surface area contributed by atoms with Gasteiger partial charge in [0.05, 0.1) is 12.4 Å². The summed E-state index contributed by atoms with van der Waals surface area (Å²) in [6.45, 7) is 4.96. The Labute approximate surface area is 95.5 Å². The zero-order valence-electron chi connectivity index (χ0n) is 8.83. The summed E-state index contributed by atoms with van der Waals surface area (Å²) in [6.07, 6.45) is 0.726. The van der Waals surface area contributed by atoms with Crippen molar-refractivity contribution in [2.75, 3.05) is 13.7 Å². The smallest absolute Gasteiger partial charge is 0.113 e. The van der Waals surface area contributed by atoms with Crippen LogP contribution in [-0.4, -0.2) is 13.7 Å². The second-order valence-electron chi connectivity index (χ2n) is 3.20. The minimum atomic E-state index is 0.527. The molecule has 1 aromatic rings. The monoisotopic (exact) mass is 226 g/mol. The van der Waals surface area contributed by atoms with Gasteiger partial charge in [0, 0.05) is 18.6 Å². The highest BCUT2D eigenvalue weighted by atomic mass is 35.5. The maximum atomic E-state index is 5.77. The van der Waals surface area contributed by atoms with Crippen molar-refractivity contribution in [3.63, 3.8) is 0 Å². The van der Waals surface area contributed by atoms with Crippen LogP contribution in [0.1, 0.15) is 12.0 Å². The Kier molecular flexibility index (Phi) is 5.22. The molecule has 0 aromatic heterocycles. The lowest BCUT2D eigenvalue weighted by atomic mass is 10.2. The van der Waals surface area contributed by atoms with Crippen molar-refractivity contribution in [3.05, 3.63) is 47.2 Å². The van der Waals surface area contributed by atoms with Crippen molar-refractivity contribution in [2.24, 2.45) is 0 Å². The zero-order valence-corrected chi connectivity index (χ0v) is 9.59. The van der Waals surface area contributed by atoms with Crippen molar-refractivity contribution < 1.29 is 9.47 Å². The van der Waals surface area contributed by atoms with E-state index in [0.717, 1.165) is 22.8 Å². The van der Waals surface area contributed by atoms with E-state index in [0.29, 0.717) is 13.2 Å². The van der Waals surface area contributed by atoms with E-state index in [1.807, 2.05) is 24.3 Å². The molecule has 0 saturated carbocycles. The Balaban J connectivity index is 2.30. The summed E-state index contributed by atoms with van der Waals surface area (Å²) < 4.78 is 10.4. The zero-order chi connectivity index (χ0) is 11.1. The minimum absolute atomic E-state index is 0.527. The number of halogens is 1. The number of rotatable bonds is 6. The van der Waals surface area contributed by atoms with Crippen molar-refractivity contribution in [1.29, 1.82) is 0 Å². The highest BCUT2D eigenvalue weighted by Gasteiger charge is 1.97. The number of ether oxygens (including phenoxy) is 2. The van der Waals surface area contributed by atoms with Crippen LogP contribution in [0.5, 0.6) is 0 Å². The summed E-state index contributed by atoms with van der Waals surface area (Å²) >= 11 is 5.77. The number of hydrogen-bond donors (Lipinski definition) is 0. The second-order valence-corrected chi connectivity index (χ2v) is 3.63. The van der Waals surface area contributed by atoms with Crippen LogP contribution in [0.4, 0.5) is 0 Å². The van der Waals surface area contributed by atoms with Gasteiger partial charge in [-0.25, -0.2) is 0 Å². The predicted octanol–water partition coefficient (Wildman–Crippen LogP) is 3.41. The molecule has 0 fully saturated rings. The molecule has 0 N–H and O–H groups in total. The van der Waals surface area contributed by atoms with Crippen LogP contribution in [0, 0.1) is 0 Å². The van der Waals surface area contributed by atoms with Crippen LogP contribution in [0.25, 0.3) is 0 Å². The van der Waals surface area contributed by atoms with Crippen LogP contribution >= 0.6 is 11.6 Å². The van der Waals surface area contributed by atoms with Crippen LogP contribution in [-0.2, 0) is 16.1 Å². The largest absolute Gasteiger partial charge is 0.494 e. The minimum Gasteiger partial charge on any atom is -0.494 e. The van der Waals surface area contributed by atoms with Gasteiger partial charge in [-0.15, -0.1) is 0 Å². The predicted molar refractivity (Wildman–Crippen MR) is 61.9 cm³/mol. The third-order valence-electron chi connectivity index (χ3n) is 1.94. The van der Waals surface area contributed by atoms with Crippen LogP contribution in [0.15, 0.2) is 36.6 Å². The van der Waals surface area contributed by atoms with Crippen LogP contribution in [0.3, 0.4) is 0 Å². The average Bonchev–Trinajstić information content (AvgIpc) is 2.25. The van der Waals surface area contributed by atoms with Crippen molar-refractivity contribution >= 4 is 11.6 Å².